The van der Waals surface area contributed by atoms with Gasteiger partial charge in [0.2, 0.25) is 0 Å². The number of rotatable bonds is 4. The molecule has 3 nitrogen and oxygen atoms in total. The molecule has 0 saturated carbocycles. The topological polar surface area (TPSA) is 43.8 Å². The van der Waals surface area contributed by atoms with E-state index in [1.165, 1.54) is 16.0 Å². The molecule has 80 valence electrons. The highest BCUT2D eigenvalue weighted by atomic mass is 32.1. The third-order valence-corrected chi connectivity index (χ3v) is 3.27. The van der Waals surface area contributed by atoms with Crippen molar-refractivity contribution in [1.29, 1.82) is 0 Å². The second-order valence-corrected chi connectivity index (χ2v) is 4.45. The molecule has 15 heavy (non-hydrogen) atoms. The Hall–Kier alpha value is -1.13. The predicted molar refractivity (Wildman–Crippen MR) is 63.7 cm³/mol. The van der Waals surface area contributed by atoms with E-state index in [1.807, 2.05) is 10.9 Å². The Morgan fingerprint density at radius 3 is 3.13 bits per heavy atom. The average molecular weight is 221 g/mol. The summed E-state index contributed by atoms with van der Waals surface area (Å²) in [5, 5.41) is 6.40. The first-order valence-corrected chi connectivity index (χ1v) is 6.02. The van der Waals surface area contributed by atoms with E-state index in [-0.39, 0.29) is 0 Å². The van der Waals surface area contributed by atoms with E-state index >= 15 is 0 Å². The number of aryl methyl sites for hydroxylation is 1. The van der Waals surface area contributed by atoms with Crippen molar-refractivity contribution in [2.45, 2.75) is 26.4 Å². The van der Waals surface area contributed by atoms with Crippen molar-refractivity contribution < 1.29 is 0 Å². The maximum absolute atomic E-state index is 5.68. The number of hydrogen-bond acceptors (Lipinski definition) is 3. The van der Waals surface area contributed by atoms with Crippen LogP contribution in [0.3, 0.4) is 0 Å². The molecule has 0 spiro atoms. The van der Waals surface area contributed by atoms with Gasteiger partial charge in [-0.3, -0.25) is 4.68 Å². The molecule has 0 aliphatic heterocycles. The van der Waals surface area contributed by atoms with Crippen molar-refractivity contribution >= 4 is 11.3 Å². The molecule has 0 fully saturated rings. The summed E-state index contributed by atoms with van der Waals surface area (Å²) in [4.78, 5) is 1.23. The average Bonchev–Trinajstić information content (AvgIpc) is 2.84. The lowest BCUT2D eigenvalue weighted by Gasteiger charge is -1.97. The van der Waals surface area contributed by atoms with Gasteiger partial charge in [-0.05, 0) is 23.4 Å². The molecule has 0 saturated heterocycles. The molecule has 4 heteroatoms. The zero-order chi connectivity index (χ0) is 10.7. The van der Waals surface area contributed by atoms with Crippen LogP contribution in [0, 0.1) is 0 Å². The maximum atomic E-state index is 5.68. The quantitative estimate of drug-likeness (QED) is 0.862. The van der Waals surface area contributed by atoms with Crippen LogP contribution in [0.4, 0.5) is 0 Å². The summed E-state index contributed by atoms with van der Waals surface area (Å²) < 4.78 is 1.98. The Bertz CT molecular complexity index is 430. The van der Waals surface area contributed by atoms with Gasteiger partial charge in [-0.1, -0.05) is 6.92 Å². The third-order valence-electron chi connectivity index (χ3n) is 2.33. The number of nitrogens with zero attached hydrogens (tertiary/aromatic N) is 2. The Morgan fingerprint density at radius 2 is 2.40 bits per heavy atom. The second-order valence-electron chi connectivity index (χ2n) is 3.45. The third kappa shape index (κ3) is 2.11. The van der Waals surface area contributed by atoms with E-state index in [2.05, 4.69) is 29.7 Å². The summed E-state index contributed by atoms with van der Waals surface area (Å²) in [5.41, 5.74) is 8.08. The molecular formula is C11H15N3S. The van der Waals surface area contributed by atoms with Gasteiger partial charge in [-0.25, -0.2) is 0 Å². The molecule has 0 aliphatic rings. The lowest BCUT2D eigenvalue weighted by atomic mass is 10.1. The Balaban J connectivity index is 2.28. The lowest BCUT2D eigenvalue weighted by Crippen LogP contribution is -1.96. The minimum Gasteiger partial charge on any atom is -0.326 e. The zero-order valence-electron chi connectivity index (χ0n) is 8.81. The van der Waals surface area contributed by atoms with Gasteiger partial charge in [0.05, 0.1) is 6.20 Å². The van der Waals surface area contributed by atoms with E-state index < -0.39 is 0 Å². The summed E-state index contributed by atoms with van der Waals surface area (Å²) in [5.74, 6) is 0. The molecule has 2 heterocycles. The Kier molecular flexibility index (Phi) is 3.18. The second kappa shape index (κ2) is 4.59. The van der Waals surface area contributed by atoms with Gasteiger partial charge in [0.1, 0.15) is 0 Å². The van der Waals surface area contributed by atoms with Crippen LogP contribution in [0.1, 0.15) is 18.2 Å². The van der Waals surface area contributed by atoms with E-state index in [0.29, 0.717) is 6.54 Å². The first-order chi connectivity index (χ1) is 7.35. The number of nitrogens with two attached hydrogens (primary N) is 1. The summed E-state index contributed by atoms with van der Waals surface area (Å²) >= 11 is 1.70. The molecule has 2 rings (SSSR count). The van der Waals surface area contributed by atoms with Crippen LogP contribution >= 0.6 is 11.3 Å². The van der Waals surface area contributed by atoms with E-state index in [9.17, 15) is 0 Å². The van der Waals surface area contributed by atoms with Crippen LogP contribution in [0.5, 0.6) is 0 Å². The maximum Gasteiger partial charge on any atom is 0.0568 e. The van der Waals surface area contributed by atoms with Crippen LogP contribution in [0.15, 0.2) is 23.8 Å². The molecular weight excluding hydrogens is 206 g/mol. The van der Waals surface area contributed by atoms with Crippen molar-refractivity contribution in [1.82, 2.24) is 9.78 Å². The molecule has 0 aromatic carbocycles. The molecule has 0 radical (unpaired) electrons. The van der Waals surface area contributed by atoms with Crippen molar-refractivity contribution in [2.24, 2.45) is 5.73 Å². The fourth-order valence-electron chi connectivity index (χ4n) is 1.61. The lowest BCUT2D eigenvalue weighted by molar-refractivity contribution is 0.603. The smallest absolute Gasteiger partial charge is 0.0568 e. The number of hydrogen-bond donors (Lipinski definition) is 1. The minimum absolute atomic E-state index is 0.603. The zero-order valence-corrected chi connectivity index (χ0v) is 9.63. The van der Waals surface area contributed by atoms with Gasteiger partial charge in [-0.15, -0.1) is 11.3 Å². The SMILES string of the molecule is CCCn1cc(-c2ccsc2CN)cn1. The number of aromatic nitrogens is 2. The summed E-state index contributed by atoms with van der Waals surface area (Å²) in [6.45, 7) is 3.73. The highest BCUT2D eigenvalue weighted by molar-refractivity contribution is 7.10. The van der Waals surface area contributed by atoms with Crippen LogP contribution in [0.25, 0.3) is 11.1 Å². The molecule has 2 aromatic heterocycles. The summed E-state index contributed by atoms with van der Waals surface area (Å²) in [7, 11) is 0. The van der Waals surface area contributed by atoms with Gasteiger partial charge in [0.15, 0.2) is 0 Å². The predicted octanol–water partition coefficient (Wildman–Crippen LogP) is 2.48. The molecule has 0 atom stereocenters. The standard InChI is InChI=1S/C11H15N3S/c1-2-4-14-8-9(7-13-14)10-3-5-15-11(10)6-12/h3,5,7-8H,2,4,6,12H2,1H3. The van der Waals surface area contributed by atoms with Crippen molar-refractivity contribution in [2.75, 3.05) is 0 Å². The number of thiophene rings is 1. The fourth-order valence-corrected chi connectivity index (χ4v) is 2.39. The molecule has 0 aliphatic carbocycles. The first-order valence-electron chi connectivity index (χ1n) is 5.14. The molecule has 0 unspecified atom stereocenters. The van der Waals surface area contributed by atoms with Crippen LogP contribution in [0.2, 0.25) is 0 Å². The molecule has 2 aromatic rings. The minimum atomic E-state index is 0.603. The fraction of sp³-hybridized carbons (Fsp3) is 0.364. The monoisotopic (exact) mass is 221 g/mol. The first kappa shape index (κ1) is 10.4. The van der Waals surface area contributed by atoms with Crippen molar-refractivity contribution in [3.63, 3.8) is 0 Å². The Labute approximate surface area is 93.5 Å². The highest BCUT2D eigenvalue weighted by Crippen LogP contribution is 2.27. The molecule has 0 amide bonds. The van der Waals surface area contributed by atoms with Gasteiger partial charge in [0.25, 0.3) is 0 Å². The summed E-state index contributed by atoms with van der Waals surface area (Å²) in [6.07, 6.45) is 5.11. The highest BCUT2D eigenvalue weighted by Gasteiger charge is 2.07. The van der Waals surface area contributed by atoms with Crippen LogP contribution in [-0.4, -0.2) is 9.78 Å². The van der Waals surface area contributed by atoms with Gasteiger partial charge in [-0.2, -0.15) is 5.10 Å². The molecule has 2 N–H and O–H groups in total. The van der Waals surface area contributed by atoms with Gasteiger partial charge >= 0.3 is 0 Å². The van der Waals surface area contributed by atoms with Crippen LogP contribution in [-0.2, 0) is 13.1 Å². The Morgan fingerprint density at radius 1 is 1.53 bits per heavy atom. The van der Waals surface area contributed by atoms with E-state index in [4.69, 9.17) is 5.73 Å². The normalized spacial score (nSPS) is 10.8. The largest absolute Gasteiger partial charge is 0.326 e. The van der Waals surface area contributed by atoms with Gasteiger partial charge in [0, 0.05) is 29.7 Å². The molecule has 0 bridgehead atoms. The van der Waals surface area contributed by atoms with E-state index in [0.717, 1.165) is 13.0 Å². The van der Waals surface area contributed by atoms with Crippen LogP contribution < -0.4 is 5.73 Å². The van der Waals surface area contributed by atoms with Crippen molar-refractivity contribution in [3.8, 4) is 11.1 Å². The van der Waals surface area contributed by atoms with E-state index in [1.54, 1.807) is 11.3 Å². The van der Waals surface area contributed by atoms with Gasteiger partial charge < -0.3 is 5.73 Å². The summed E-state index contributed by atoms with van der Waals surface area (Å²) in [6, 6.07) is 2.11. The van der Waals surface area contributed by atoms with Crippen molar-refractivity contribution in [3.05, 3.63) is 28.7 Å².